The molecular formula is C12H12ClFN4O2. The Labute approximate surface area is 119 Å². The molecule has 0 spiro atoms. The van der Waals surface area contributed by atoms with Crippen molar-refractivity contribution in [3.63, 3.8) is 0 Å². The van der Waals surface area contributed by atoms with Gasteiger partial charge in [-0.2, -0.15) is 0 Å². The molecule has 106 valence electrons. The first kappa shape index (κ1) is 14.3. The Kier molecular flexibility index (Phi) is 4.19. The van der Waals surface area contributed by atoms with Gasteiger partial charge in [-0.15, -0.1) is 0 Å². The van der Waals surface area contributed by atoms with E-state index in [1.165, 1.54) is 0 Å². The summed E-state index contributed by atoms with van der Waals surface area (Å²) in [5.74, 6) is -0.0915. The first-order chi connectivity index (χ1) is 9.52. The van der Waals surface area contributed by atoms with Crippen molar-refractivity contribution in [1.29, 1.82) is 0 Å². The number of hydrogen-bond acceptors (Lipinski definition) is 4. The van der Waals surface area contributed by atoms with E-state index in [4.69, 9.17) is 11.6 Å². The lowest BCUT2D eigenvalue weighted by Crippen LogP contribution is -2.12. The summed E-state index contributed by atoms with van der Waals surface area (Å²) in [6.07, 6.45) is 3.85. The number of benzene rings is 1. The summed E-state index contributed by atoms with van der Waals surface area (Å²) < 4.78 is 13.5. The highest BCUT2D eigenvalue weighted by Crippen LogP contribution is 2.33. The molecule has 1 aromatic heterocycles. The molecule has 1 atom stereocenters. The van der Waals surface area contributed by atoms with Crippen molar-refractivity contribution >= 4 is 23.0 Å². The zero-order valence-corrected chi connectivity index (χ0v) is 11.3. The van der Waals surface area contributed by atoms with Crippen LogP contribution in [0.25, 0.3) is 0 Å². The molecule has 2 rings (SSSR count). The van der Waals surface area contributed by atoms with Gasteiger partial charge in [-0.05, 0) is 6.42 Å². The van der Waals surface area contributed by atoms with Gasteiger partial charge < -0.3 is 10.3 Å². The predicted molar refractivity (Wildman–Crippen MR) is 73.3 cm³/mol. The third kappa shape index (κ3) is 2.88. The normalized spacial score (nSPS) is 12.2. The minimum atomic E-state index is -0.714. The van der Waals surface area contributed by atoms with E-state index in [9.17, 15) is 14.5 Å². The Hall–Kier alpha value is -2.15. The Morgan fingerprint density at radius 2 is 2.35 bits per heavy atom. The fraction of sp³-hybridized carbons (Fsp3) is 0.250. The van der Waals surface area contributed by atoms with Gasteiger partial charge in [-0.1, -0.05) is 18.5 Å². The number of H-pyrrole nitrogens is 1. The zero-order valence-electron chi connectivity index (χ0n) is 10.6. The molecule has 2 N–H and O–H groups in total. The molecular weight excluding hydrogens is 287 g/mol. The fourth-order valence-electron chi connectivity index (χ4n) is 1.82. The molecule has 0 aliphatic heterocycles. The van der Waals surface area contributed by atoms with Gasteiger partial charge in [0.25, 0.3) is 5.69 Å². The Bertz CT molecular complexity index is 618. The molecule has 0 saturated heterocycles. The van der Waals surface area contributed by atoms with Crippen LogP contribution in [0, 0.1) is 15.9 Å². The second-order valence-corrected chi connectivity index (χ2v) is 4.53. The molecule has 0 aliphatic carbocycles. The van der Waals surface area contributed by atoms with Crippen LogP contribution in [-0.4, -0.2) is 14.9 Å². The molecule has 8 heteroatoms. The number of imidazole rings is 1. The van der Waals surface area contributed by atoms with Crippen molar-refractivity contribution in [2.45, 2.75) is 19.4 Å². The third-order valence-corrected chi connectivity index (χ3v) is 3.11. The quantitative estimate of drug-likeness (QED) is 0.651. The SMILES string of the molecule is CCC(Nc1cc(F)c(Cl)cc1[N+](=O)[O-])c1ncc[nH]1. The van der Waals surface area contributed by atoms with E-state index in [-0.39, 0.29) is 22.4 Å². The van der Waals surface area contributed by atoms with E-state index in [0.717, 1.165) is 12.1 Å². The molecule has 2 aromatic rings. The van der Waals surface area contributed by atoms with Gasteiger partial charge in [0.1, 0.15) is 17.3 Å². The number of halogens is 2. The smallest absolute Gasteiger partial charge is 0.294 e. The number of hydrogen-bond donors (Lipinski definition) is 2. The highest BCUT2D eigenvalue weighted by Gasteiger charge is 2.21. The molecule has 0 bridgehead atoms. The molecule has 0 fully saturated rings. The van der Waals surface area contributed by atoms with Crippen LogP contribution in [0.1, 0.15) is 25.2 Å². The van der Waals surface area contributed by atoms with Crippen molar-refractivity contribution in [3.05, 3.63) is 51.3 Å². The highest BCUT2D eigenvalue weighted by molar-refractivity contribution is 6.31. The van der Waals surface area contributed by atoms with Crippen LogP contribution in [0.3, 0.4) is 0 Å². The molecule has 1 heterocycles. The third-order valence-electron chi connectivity index (χ3n) is 2.82. The van der Waals surface area contributed by atoms with E-state index < -0.39 is 10.7 Å². The average molecular weight is 299 g/mol. The summed E-state index contributed by atoms with van der Waals surface area (Å²) in [4.78, 5) is 17.4. The van der Waals surface area contributed by atoms with Gasteiger partial charge in [-0.25, -0.2) is 9.37 Å². The van der Waals surface area contributed by atoms with E-state index >= 15 is 0 Å². The number of aromatic amines is 1. The Balaban J connectivity index is 2.37. The number of nitrogens with one attached hydrogen (secondary N) is 2. The lowest BCUT2D eigenvalue weighted by atomic mass is 10.2. The number of nitro benzene ring substituents is 1. The van der Waals surface area contributed by atoms with Crippen LogP contribution in [0.2, 0.25) is 5.02 Å². The molecule has 20 heavy (non-hydrogen) atoms. The predicted octanol–water partition coefficient (Wildman–Crippen LogP) is 3.67. The van der Waals surface area contributed by atoms with Gasteiger partial charge in [0.2, 0.25) is 0 Å². The first-order valence-electron chi connectivity index (χ1n) is 5.92. The number of anilines is 1. The number of nitro groups is 1. The van der Waals surface area contributed by atoms with Crippen molar-refractivity contribution in [3.8, 4) is 0 Å². The molecule has 0 radical (unpaired) electrons. The number of aromatic nitrogens is 2. The standard InChI is InChI=1S/C12H12ClFN4O2/c1-2-9(12-15-3-4-16-12)17-10-6-8(14)7(13)5-11(10)18(19)20/h3-6,9,17H,2H2,1H3,(H,15,16). The lowest BCUT2D eigenvalue weighted by molar-refractivity contribution is -0.384. The molecule has 6 nitrogen and oxygen atoms in total. The second kappa shape index (κ2) is 5.87. The average Bonchev–Trinajstić information content (AvgIpc) is 2.93. The van der Waals surface area contributed by atoms with Crippen molar-refractivity contribution < 1.29 is 9.31 Å². The van der Waals surface area contributed by atoms with Crippen LogP contribution < -0.4 is 5.32 Å². The largest absolute Gasteiger partial charge is 0.370 e. The maximum absolute atomic E-state index is 13.5. The molecule has 0 aliphatic rings. The zero-order chi connectivity index (χ0) is 14.7. The summed E-state index contributed by atoms with van der Waals surface area (Å²) in [5, 5.41) is 13.6. The van der Waals surface area contributed by atoms with Gasteiger partial charge in [0.05, 0.1) is 16.0 Å². The van der Waals surface area contributed by atoms with Crippen LogP contribution in [0.5, 0.6) is 0 Å². The summed E-state index contributed by atoms with van der Waals surface area (Å²) in [5.41, 5.74) is -0.207. The number of nitrogens with zero attached hydrogens (tertiary/aromatic N) is 2. The van der Waals surface area contributed by atoms with E-state index in [1.54, 1.807) is 12.4 Å². The summed E-state index contributed by atoms with van der Waals surface area (Å²) in [7, 11) is 0. The molecule has 0 amide bonds. The van der Waals surface area contributed by atoms with Crippen LogP contribution in [0.4, 0.5) is 15.8 Å². The first-order valence-corrected chi connectivity index (χ1v) is 6.30. The van der Waals surface area contributed by atoms with Gasteiger partial charge >= 0.3 is 0 Å². The van der Waals surface area contributed by atoms with E-state index in [2.05, 4.69) is 15.3 Å². The van der Waals surface area contributed by atoms with Gasteiger partial charge in [0.15, 0.2) is 0 Å². The van der Waals surface area contributed by atoms with Gasteiger partial charge in [0, 0.05) is 24.5 Å². The van der Waals surface area contributed by atoms with Crippen LogP contribution in [-0.2, 0) is 0 Å². The fourth-order valence-corrected chi connectivity index (χ4v) is 1.98. The summed E-state index contributed by atoms with van der Waals surface area (Å²) in [6, 6.07) is 1.73. The van der Waals surface area contributed by atoms with Crippen molar-refractivity contribution in [2.24, 2.45) is 0 Å². The Morgan fingerprint density at radius 3 is 2.90 bits per heavy atom. The maximum Gasteiger partial charge on any atom is 0.294 e. The van der Waals surface area contributed by atoms with Crippen LogP contribution >= 0.6 is 11.6 Å². The van der Waals surface area contributed by atoms with Crippen molar-refractivity contribution in [1.82, 2.24) is 9.97 Å². The van der Waals surface area contributed by atoms with Crippen LogP contribution in [0.15, 0.2) is 24.5 Å². The van der Waals surface area contributed by atoms with E-state index in [0.29, 0.717) is 12.2 Å². The molecule has 1 unspecified atom stereocenters. The Morgan fingerprint density at radius 1 is 1.60 bits per heavy atom. The minimum Gasteiger partial charge on any atom is -0.370 e. The maximum atomic E-state index is 13.5. The molecule has 1 aromatic carbocycles. The number of rotatable bonds is 5. The summed E-state index contributed by atoms with van der Waals surface area (Å²) >= 11 is 5.57. The van der Waals surface area contributed by atoms with E-state index in [1.807, 2.05) is 6.92 Å². The van der Waals surface area contributed by atoms with Crippen molar-refractivity contribution in [2.75, 3.05) is 5.32 Å². The molecule has 0 saturated carbocycles. The minimum absolute atomic E-state index is 0.0696. The highest BCUT2D eigenvalue weighted by atomic mass is 35.5. The summed E-state index contributed by atoms with van der Waals surface area (Å²) in [6.45, 7) is 1.89. The monoisotopic (exact) mass is 298 g/mol. The topological polar surface area (TPSA) is 83.8 Å². The lowest BCUT2D eigenvalue weighted by Gasteiger charge is -2.16. The van der Waals surface area contributed by atoms with Gasteiger partial charge in [-0.3, -0.25) is 10.1 Å². The second-order valence-electron chi connectivity index (χ2n) is 4.12.